The summed E-state index contributed by atoms with van der Waals surface area (Å²) < 4.78 is 44.5. The van der Waals surface area contributed by atoms with Crippen LogP contribution in [0.4, 0.5) is 10.1 Å². The van der Waals surface area contributed by atoms with Crippen molar-refractivity contribution in [3.05, 3.63) is 60.5 Å². The van der Waals surface area contributed by atoms with Crippen LogP contribution in [0.25, 0.3) is 10.9 Å². The molecule has 1 aromatic heterocycles. The molecular formula is C26H31FN4O3S. The molecule has 2 fully saturated rings. The number of nitrogens with zero attached hydrogens (tertiary/aromatic N) is 4. The fraction of sp³-hybridized carbons (Fsp3) is 0.423. The Kier molecular flexibility index (Phi) is 6.55. The maximum atomic E-state index is 14.1. The Balaban J connectivity index is 1.26. The maximum absolute atomic E-state index is 14.1. The third-order valence-electron chi connectivity index (χ3n) is 7.24. The molecule has 5 rings (SSSR count). The molecule has 0 saturated carbocycles. The Labute approximate surface area is 205 Å². The van der Waals surface area contributed by atoms with Crippen LogP contribution in [0, 0.1) is 11.7 Å². The number of rotatable bonds is 5. The Bertz CT molecular complexity index is 1330. The summed E-state index contributed by atoms with van der Waals surface area (Å²) in [4.78, 5) is 17.3. The van der Waals surface area contributed by atoms with E-state index in [1.807, 2.05) is 29.3 Å². The third-order valence-corrected chi connectivity index (χ3v) is 9.10. The van der Waals surface area contributed by atoms with Crippen molar-refractivity contribution in [2.75, 3.05) is 44.2 Å². The Morgan fingerprint density at radius 3 is 2.54 bits per heavy atom. The molecule has 0 spiro atoms. The second-order valence-corrected chi connectivity index (χ2v) is 11.2. The van der Waals surface area contributed by atoms with Crippen molar-refractivity contribution < 1.29 is 17.6 Å². The molecule has 9 heteroatoms. The van der Waals surface area contributed by atoms with Crippen molar-refractivity contribution in [3.63, 3.8) is 0 Å². The van der Waals surface area contributed by atoms with Crippen LogP contribution in [0.15, 0.2) is 59.6 Å². The number of hydrogen-bond acceptors (Lipinski definition) is 4. The highest BCUT2D eigenvalue weighted by Crippen LogP contribution is 2.28. The molecule has 2 saturated heterocycles. The first-order chi connectivity index (χ1) is 16.9. The lowest BCUT2D eigenvalue weighted by molar-refractivity contribution is -0.137. The minimum Gasteiger partial charge on any atom is -0.366 e. The average molecular weight is 499 g/mol. The van der Waals surface area contributed by atoms with E-state index in [2.05, 4.69) is 11.5 Å². The van der Waals surface area contributed by atoms with Gasteiger partial charge in [-0.1, -0.05) is 12.1 Å². The van der Waals surface area contributed by atoms with Gasteiger partial charge in [-0.2, -0.15) is 4.31 Å². The zero-order valence-corrected chi connectivity index (χ0v) is 20.8. The van der Waals surface area contributed by atoms with Gasteiger partial charge in [0.15, 0.2) is 0 Å². The van der Waals surface area contributed by atoms with E-state index in [9.17, 15) is 17.6 Å². The van der Waals surface area contributed by atoms with Crippen molar-refractivity contribution in [2.45, 2.75) is 31.2 Å². The van der Waals surface area contributed by atoms with Crippen LogP contribution in [0.3, 0.4) is 0 Å². The quantitative estimate of drug-likeness (QED) is 0.540. The molecule has 2 aromatic carbocycles. The number of piperazine rings is 1. The van der Waals surface area contributed by atoms with E-state index in [1.54, 1.807) is 29.2 Å². The van der Waals surface area contributed by atoms with Gasteiger partial charge >= 0.3 is 0 Å². The number of para-hydroxylation sites is 1. The van der Waals surface area contributed by atoms with Gasteiger partial charge in [0.05, 0.1) is 16.5 Å². The van der Waals surface area contributed by atoms with E-state index in [4.69, 9.17) is 0 Å². The summed E-state index contributed by atoms with van der Waals surface area (Å²) in [5.41, 5.74) is 1.56. The van der Waals surface area contributed by atoms with Crippen LogP contribution >= 0.6 is 0 Å². The number of fused-ring (bicyclic) bond motifs is 1. The molecule has 1 unspecified atom stereocenters. The summed E-state index contributed by atoms with van der Waals surface area (Å²) in [6.07, 6.45) is 3.29. The number of amides is 1. The van der Waals surface area contributed by atoms with Crippen molar-refractivity contribution in [2.24, 2.45) is 5.92 Å². The van der Waals surface area contributed by atoms with E-state index < -0.39 is 10.0 Å². The van der Waals surface area contributed by atoms with Crippen LogP contribution in [-0.4, -0.2) is 67.4 Å². The molecule has 186 valence electrons. The number of aromatic nitrogens is 1. The van der Waals surface area contributed by atoms with Gasteiger partial charge in [0.1, 0.15) is 5.82 Å². The zero-order chi connectivity index (χ0) is 24.6. The third kappa shape index (κ3) is 4.54. The van der Waals surface area contributed by atoms with Gasteiger partial charge in [-0.15, -0.1) is 0 Å². The summed E-state index contributed by atoms with van der Waals surface area (Å²) in [5, 5.41) is 0.894. The highest BCUT2D eigenvalue weighted by atomic mass is 32.2. The second kappa shape index (κ2) is 9.62. The molecule has 0 N–H and O–H groups in total. The van der Waals surface area contributed by atoms with E-state index in [1.165, 1.54) is 10.4 Å². The number of piperidine rings is 1. The second-order valence-electron chi connectivity index (χ2n) is 9.29. The summed E-state index contributed by atoms with van der Waals surface area (Å²) in [6.45, 7) is 5.60. The molecule has 0 bridgehead atoms. The number of anilines is 1. The van der Waals surface area contributed by atoms with Gasteiger partial charge < -0.3 is 14.4 Å². The van der Waals surface area contributed by atoms with Crippen molar-refractivity contribution in [1.82, 2.24) is 13.8 Å². The minimum atomic E-state index is -3.69. The molecule has 1 atom stereocenters. The lowest BCUT2D eigenvalue weighted by Crippen LogP contribution is -2.53. The van der Waals surface area contributed by atoms with E-state index >= 15 is 0 Å². The van der Waals surface area contributed by atoms with Gasteiger partial charge in [-0.25, -0.2) is 12.8 Å². The lowest BCUT2D eigenvalue weighted by atomic mass is 9.97. The summed E-state index contributed by atoms with van der Waals surface area (Å²) in [7, 11) is -3.69. The Hall–Kier alpha value is -2.91. The maximum Gasteiger partial charge on any atom is 0.243 e. The molecular weight excluding hydrogens is 467 g/mol. The Morgan fingerprint density at radius 1 is 1.03 bits per heavy atom. The number of halogens is 1. The smallest absolute Gasteiger partial charge is 0.243 e. The normalized spacial score (nSPS) is 19.9. The van der Waals surface area contributed by atoms with Crippen LogP contribution in [-0.2, 0) is 21.4 Å². The largest absolute Gasteiger partial charge is 0.366 e. The molecule has 0 radical (unpaired) electrons. The molecule has 2 aliphatic rings. The minimum absolute atomic E-state index is 0.00596. The highest BCUT2D eigenvalue weighted by Gasteiger charge is 2.36. The molecule has 0 aliphatic carbocycles. The van der Waals surface area contributed by atoms with Crippen LogP contribution in [0.5, 0.6) is 0 Å². The van der Waals surface area contributed by atoms with E-state index in [-0.39, 0.29) is 29.1 Å². The van der Waals surface area contributed by atoms with Crippen molar-refractivity contribution in [1.29, 1.82) is 0 Å². The van der Waals surface area contributed by atoms with Gasteiger partial charge in [-0.3, -0.25) is 4.79 Å². The number of carbonyl (C=O) groups excluding carboxylic acids is 1. The first-order valence-electron chi connectivity index (χ1n) is 12.3. The number of sulfonamides is 1. The number of benzene rings is 2. The fourth-order valence-electron chi connectivity index (χ4n) is 5.26. The zero-order valence-electron chi connectivity index (χ0n) is 19.9. The van der Waals surface area contributed by atoms with Crippen LogP contribution < -0.4 is 4.90 Å². The van der Waals surface area contributed by atoms with Gasteiger partial charge in [0.25, 0.3) is 0 Å². The molecule has 35 heavy (non-hydrogen) atoms. The van der Waals surface area contributed by atoms with Crippen LogP contribution in [0.2, 0.25) is 0 Å². The Morgan fingerprint density at radius 2 is 1.80 bits per heavy atom. The molecule has 1 amide bonds. The van der Waals surface area contributed by atoms with Gasteiger partial charge in [-0.05, 0) is 56.2 Å². The van der Waals surface area contributed by atoms with E-state index in [0.29, 0.717) is 51.3 Å². The van der Waals surface area contributed by atoms with Gasteiger partial charge in [0.2, 0.25) is 15.9 Å². The number of aryl methyl sites for hydroxylation is 1. The molecule has 7 nitrogen and oxygen atoms in total. The first-order valence-corrected chi connectivity index (χ1v) is 13.7. The molecule has 3 heterocycles. The monoisotopic (exact) mass is 498 g/mol. The molecule has 3 aromatic rings. The van der Waals surface area contributed by atoms with Gasteiger partial charge in [0, 0.05) is 62.9 Å². The predicted octanol–water partition coefficient (Wildman–Crippen LogP) is 3.55. The van der Waals surface area contributed by atoms with Crippen molar-refractivity contribution >= 4 is 32.5 Å². The van der Waals surface area contributed by atoms with E-state index in [0.717, 1.165) is 17.4 Å². The first kappa shape index (κ1) is 23.8. The number of hydrogen-bond donors (Lipinski definition) is 0. The SMILES string of the molecule is CCn1ccc2cc(S(=O)(=O)N3CCCC(C(=O)N4CCN(c5ccccc5F)CC4)C3)ccc21. The van der Waals surface area contributed by atoms with Crippen molar-refractivity contribution in [3.8, 4) is 0 Å². The standard InChI is InChI=1S/C26H31FN4O3S/c1-2-28-13-11-20-18-22(9-10-24(20)28)35(33,34)31-12-5-6-21(19-31)26(32)30-16-14-29(15-17-30)25-8-4-3-7-23(25)27/h3-4,7-11,13,18,21H,2,5-6,12,14-17,19H2,1H3. The van der Waals surface area contributed by atoms with Crippen LogP contribution in [0.1, 0.15) is 19.8 Å². The highest BCUT2D eigenvalue weighted by molar-refractivity contribution is 7.89. The summed E-state index contributed by atoms with van der Waals surface area (Å²) in [5.74, 6) is -0.623. The number of carbonyl (C=O) groups is 1. The fourth-order valence-corrected chi connectivity index (χ4v) is 6.82. The topological polar surface area (TPSA) is 65.9 Å². The predicted molar refractivity (Wildman–Crippen MR) is 134 cm³/mol. The summed E-state index contributed by atoms with van der Waals surface area (Å²) >= 11 is 0. The summed E-state index contributed by atoms with van der Waals surface area (Å²) in [6, 6.07) is 13.9. The lowest BCUT2D eigenvalue weighted by Gasteiger charge is -2.39. The molecule has 2 aliphatic heterocycles. The average Bonchev–Trinajstić information content (AvgIpc) is 3.31.